The van der Waals surface area contributed by atoms with Crippen LogP contribution < -0.4 is 5.32 Å². The lowest BCUT2D eigenvalue weighted by Gasteiger charge is -2.33. The zero-order valence-electron chi connectivity index (χ0n) is 10.7. The van der Waals surface area contributed by atoms with Gasteiger partial charge in [0, 0.05) is 12.0 Å². The van der Waals surface area contributed by atoms with E-state index in [0.717, 1.165) is 12.8 Å². The third kappa shape index (κ3) is 5.14. The zero-order chi connectivity index (χ0) is 12.8. The first-order valence-electron chi connectivity index (χ1n) is 5.84. The van der Waals surface area contributed by atoms with Crippen molar-refractivity contribution < 1.29 is 14.7 Å². The van der Waals surface area contributed by atoms with Crippen molar-refractivity contribution in [3.05, 3.63) is 0 Å². The lowest BCUT2D eigenvalue weighted by atomic mass is 9.85. The molecule has 0 aromatic carbocycles. The van der Waals surface area contributed by atoms with Gasteiger partial charge in [0.1, 0.15) is 0 Å². The Morgan fingerprint density at radius 3 is 2.31 bits per heavy atom. The smallest absolute Gasteiger partial charge is 0.305 e. The monoisotopic (exact) mass is 229 g/mol. The Hall–Kier alpha value is -1.06. The highest BCUT2D eigenvalue weighted by Gasteiger charge is 2.32. The average Bonchev–Trinajstić information content (AvgIpc) is 2.12. The van der Waals surface area contributed by atoms with Gasteiger partial charge >= 0.3 is 5.97 Å². The summed E-state index contributed by atoms with van der Waals surface area (Å²) in [6.45, 7) is 7.65. The van der Waals surface area contributed by atoms with Crippen molar-refractivity contribution >= 4 is 11.9 Å². The Balaban J connectivity index is 4.43. The molecule has 1 atom stereocenters. The summed E-state index contributed by atoms with van der Waals surface area (Å²) in [6.07, 6.45) is 2.23. The van der Waals surface area contributed by atoms with E-state index < -0.39 is 11.5 Å². The van der Waals surface area contributed by atoms with Gasteiger partial charge in [-0.25, -0.2) is 0 Å². The number of amides is 1. The van der Waals surface area contributed by atoms with E-state index in [1.54, 1.807) is 6.92 Å². The van der Waals surface area contributed by atoms with Crippen LogP contribution in [0.2, 0.25) is 0 Å². The number of carbonyl (C=O) groups excluding carboxylic acids is 1. The Morgan fingerprint density at radius 2 is 1.94 bits per heavy atom. The summed E-state index contributed by atoms with van der Waals surface area (Å²) in [5, 5.41) is 11.7. The van der Waals surface area contributed by atoms with Crippen molar-refractivity contribution in [1.29, 1.82) is 0 Å². The molecular weight excluding hydrogens is 206 g/mol. The van der Waals surface area contributed by atoms with E-state index in [2.05, 4.69) is 5.32 Å². The van der Waals surface area contributed by atoms with Gasteiger partial charge in [-0.1, -0.05) is 27.2 Å². The number of hydrogen-bond acceptors (Lipinski definition) is 2. The highest BCUT2D eigenvalue weighted by Crippen LogP contribution is 2.21. The molecule has 0 bridgehead atoms. The lowest BCUT2D eigenvalue weighted by molar-refractivity contribution is -0.139. The van der Waals surface area contributed by atoms with Gasteiger partial charge in [0.05, 0.1) is 6.42 Å². The van der Waals surface area contributed by atoms with Crippen LogP contribution >= 0.6 is 0 Å². The number of unbranched alkanes of at least 4 members (excludes halogenated alkanes) is 1. The highest BCUT2D eigenvalue weighted by molar-refractivity contribution is 5.78. The molecule has 0 heterocycles. The minimum Gasteiger partial charge on any atom is -0.481 e. The minimum atomic E-state index is -0.882. The fourth-order valence-corrected chi connectivity index (χ4v) is 1.43. The Labute approximate surface area is 97.4 Å². The van der Waals surface area contributed by atoms with Crippen LogP contribution in [0, 0.1) is 5.92 Å². The third-order valence-corrected chi connectivity index (χ3v) is 2.98. The number of carboxylic acid groups (broad SMARTS) is 1. The third-order valence-electron chi connectivity index (χ3n) is 2.98. The summed E-state index contributed by atoms with van der Waals surface area (Å²) in [4.78, 5) is 22.4. The molecular formula is C12H23NO3. The first-order chi connectivity index (χ1) is 7.31. The second kappa shape index (κ2) is 6.51. The maximum absolute atomic E-state index is 11.6. The van der Waals surface area contributed by atoms with E-state index in [4.69, 9.17) is 5.11 Å². The summed E-state index contributed by atoms with van der Waals surface area (Å²) in [6, 6.07) is 0. The molecule has 0 aliphatic heterocycles. The van der Waals surface area contributed by atoms with Crippen LogP contribution in [0.25, 0.3) is 0 Å². The Kier molecular flexibility index (Phi) is 6.08. The molecule has 0 aliphatic carbocycles. The predicted octanol–water partition coefficient (Wildman–Crippen LogP) is 2.18. The van der Waals surface area contributed by atoms with E-state index in [-0.39, 0.29) is 18.2 Å². The summed E-state index contributed by atoms with van der Waals surface area (Å²) in [5.41, 5.74) is -0.656. The maximum Gasteiger partial charge on any atom is 0.305 e. The van der Waals surface area contributed by atoms with Gasteiger partial charge in [-0.05, 0) is 19.3 Å². The fraction of sp³-hybridized carbons (Fsp3) is 0.833. The van der Waals surface area contributed by atoms with Crippen molar-refractivity contribution in [2.75, 3.05) is 0 Å². The van der Waals surface area contributed by atoms with Crippen molar-refractivity contribution in [1.82, 2.24) is 5.32 Å². The molecule has 0 rings (SSSR count). The second-order valence-electron chi connectivity index (χ2n) is 4.79. The van der Waals surface area contributed by atoms with Crippen LogP contribution in [0.1, 0.15) is 53.4 Å². The molecule has 4 heteroatoms. The van der Waals surface area contributed by atoms with Crippen molar-refractivity contribution in [2.24, 2.45) is 5.92 Å². The van der Waals surface area contributed by atoms with Crippen LogP contribution in [0.5, 0.6) is 0 Å². The number of hydrogen-bond donors (Lipinski definition) is 2. The Bertz CT molecular complexity index is 251. The molecule has 0 radical (unpaired) electrons. The number of carbonyl (C=O) groups is 2. The molecule has 4 nitrogen and oxygen atoms in total. The van der Waals surface area contributed by atoms with Crippen LogP contribution in [0.4, 0.5) is 0 Å². The van der Waals surface area contributed by atoms with Crippen molar-refractivity contribution in [2.45, 2.75) is 58.9 Å². The molecule has 0 aromatic heterocycles. The first kappa shape index (κ1) is 14.9. The first-order valence-corrected chi connectivity index (χ1v) is 5.84. The summed E-state index contributed by atoms with van der Waals surface area (Å²) < 4.78 is 0. The van der Waals surface area contributed by atoms with Crippen LogP contribution in [0.3, 0.4) is 0 Å². The number of nitrogens with one attached hydrogen (secondary N) is 1. The summed E-state index contributed by atoms with van der Waals surface area (Å²) in [7, 11) is 0. The maximum atomic E-state index is 11.6. The molecule has 0 saturated heterocycles. The lowest BCUT2D eigenvalue weighted by Crippen LogP contribution is -2.51. The molecule has 0 aromatic rings. The SMILES string of the molecule is CCCCC(=O)NC(C)(CC(=O)O)C(C)C. The van der Waals surface area contributed by atoms with Crippen LogP contribution in [-0.2, 0) is 9.59 Å². The van der Waals surface area contributed by atoms with Gasteiger partial charge in [-0.2, -0.15) is 0 Å². The quantitative estimate of drug-likeness (QED) is 0.703. The van der Waals surface area contributed by atoms with E-state index in [1.807, 2.05) is 20.8 Å². The van der Waals surface area contributed by atoms with E-state index >= 15 is 0 Å². The summed E-state index contributed by atoms with van der Waals surface area (Å²) >= 11 is 0. The fourth-order valence-electron chi connectivity index (χ4n) is 1.43. The molecule has 1 unspecified atom stereocenters. The minimum absolute atomic E-state index is 0.0392. The zero-order valence-corrected chi connectivity index (χ0v) is 10.7. The standard InChI is InChI=1S/C12H23NO3/c1-5-6-7-10(14)13-12(4,9(2)3)8-11(15)16/h9H,5-8H2,1-4H3,(H,13,14)(H,15,16). The predicted molar refractivity (Wildman–Crippen MR) is 63.2 cm³/mol. The van der Waals surface area contributed by atoms with Crippen molar-refractivity contribution in [3.63, 3.8) is 0 Å². The number of carboxylic acids is 1. The molecule has 0 aliphatic rings. The van der Waals surface area contributed by atoms with Gasteiger partial charge in [-0.15, -0.1) is 0 Å². The molecule has 94 valence electrons. The van der Waals surface area contributed by atoms with Gasteiger partial charge in [-0.3, -0.25) is 9.59 Å². The number of aliphatic carboxylic acids is 1. The topological polar surface area (TPSA) is 66.4 Å². The second-order valence-corrected chi connectivity index (χ2v) is 4.79. The van der Waals surface area contributed by atoms with E-state index in [0.29, 0.717) is 6.42 Å². The summed E-state index contributed by atoms with van der Waals surface area (Å²) in [5.74, 6) is -0.847. The molecule has 0 fully saturated rings. The molecule has 2 N–H and O–H groups in total. The highest BCUT2D eigenvalue weighted by atomic mass is 16.4. The van der Waals surface area contributed by atoms with Gasteiger partial charge in [0.15, 0.2) is 0 Å². The number of rotatable bonds is 7. The molecule has 1 amide bonds. The molecule has 0 spiro atoms. The van der Waals surface area contributed by atoms with Crippen LogP contribution in [0.15, 0.2) is 0 Å². The van der Waals surface area contributed by atoms with E-state index in [1.165, 1.54) is 0 Å². The molecule has 0 saturated carbocycles. The van der Waals surface area contributed by atoms with E-state index in [9.17, 15) is 9.59 Å². The Morgan fingerprint density at radius 1 is 1.38 bits per heavy atom. The average molecular weight is 229 g/mol. The normalized spacial score (nSPS) is 14.6. The van der Waals surface area contributed by atoms with Gasteiger partial charge < -0.3 is 10.4 Å². The largest absolute Gasteiger partial charge is 0.481 e. The van der Waals surface area contributed by atoms with Crippen molar-refractivity contribution in [3.8, 4) is 0 Å². The van der Waals surface area contributed by atoms with Gasteiger partial charge in [0.25, 0.3) is 0 Å². The van der Waals surface area contributed by atoms with Gasteiger partial charge in [0.2, 0.25) is 5.91 Å². The molecule has 16 heavy (non-hydrogen) atoms. The van der Waals surface area contributed by atoms with Crippen LogP contribution in [-0.4, -0.2) is 22.5 Å².